The first kappa shape index (κ1) is 8.97. The minimum atomic E-state index is -0.291. The molecule has 0 heterocycles. The predicted octanol–water partition coefficient (Wildman–Crippen LogP) is 0.511. The third kappa shape index (κ3) is 5.18. The zero-order valence-corrected chi connectivity index (χ0v) is 7.12. The van der Waals surface area contributed by atoms with Gasteiger partial charge in [-0.15, -0.1) is 0 Å². The summed E-state index contributed by atoms with van der Waals surface area (Å²) < 4.78 is 12.2. The van der Waals surface area contributed by atoms with Crippen LogP contribution in [-0.2, 0) is 4.74 Å². The van der Waals surface area contributed by atoms with E-state index < -0.39 is 0 Å². The van der Waals surface area contributed by atoms with Gasteiger partial charge in [0, 0.05) is 7.98 Å². The van der Waals surface area contributed by atoms with Gasteiger partial charge in [0.25, 0.3) is 0 Å². The summed E-state index contributed by atoms with van der Waals surface area (Å²) in [6, 6.07) is -0.291. The molecule has 0 spiro atoms. The van der Waals surface area contributed by atoms with Crippen LogP contribution in [0.1, 0.15) is 28.0 Å². The topological polar surface area (TPSA) is 55.5 Å². The van der Waals surface area contributed by atoms with Crippen LogP contribution in [0.2, 0.25) is 0 Å². The zero-order valence-electron chi connectivity index (χ0n) is 8.12. The van der Waals surface area contributed by atoms with E-state index in [0.717, 1.165) is 12.8 Å². The highest BCUT2D eigenvalue weighted by molar-refractivity contribution is 4.66. The first-order valence-electron chi connectivity index (χ1n) is 4.70. The summed E-state index contributed by atoms with van der Waals surface area (Å²) >= 11 is 0. The molecular formula is C8H19NO2. The van der Waals surface area contributed by atoms with E-state index in [1.165, 1.54) is 0 Å². The van der Waals surface area contributed by atoms with Gasteiger partial charge in [-0.2, -0.15) is 0 Å². The molecule has 0 aliphatic carbocycles. The van der Waals surface area contributed by atoms with Gasteiger partial charge < -0.3 is 15.6 Å². The third-order valence-corrected chi connectivity index (χ3v) is 1.59. The van der Waals surface area contributed by atoms with Gasteiger partial charge in [-0.05, 0) is 13.3 Å². The van der Waals surface area contributed by atoms with Gasteiger partial charge >= 0.3 is 0 Å². The Morgan fingerprint density at radius 2 is 2.45 bits per heavy atom. The summed E-state index contributed by atoms with van der Waals surface area (Å²) in [5, 5.41) is 8.67. The highest BCUT2D eigenvalue weighted by Gasteiger charge is 2.10. The number of hydrogen-bond donors (Lipinski definition) is 2. The van der Waals surface area contributed by atoms with Gasteiger partial charge in [-0.3, -0.25) is 0 Å². The van der Waals surface area contributed by atoms with E-state index >= 15 is 0 Å². The minimum Gasteiger partial charge on any atom is -0.395 e. The lowest BCUT2D eigenvalue weighted by Gasteiger charge is -2.17. The Labute approximate surface area is 69.9 Å². The largest absolute Gasteiger partial charge is 0.395 e. The Bertz CT molecular complexity index is 103. The number of unbranched alkanes of at least 4 members (excludes halogenated alkanes) is 1. The Hall–Kier alpha value is -0.120. The Kier molecular flexibility index (Phi) is 5.37. The van der Waals surface area contributed by atoms with Gasteiger partial charge in [0.05, 0.1) is 18.8 Å². The number of hydrogen-bond acceptors (Lipinski definition) is 3. The minimum absolute atomic E-state index is 0.0421. The summed E-state index contributed by atoms with van der Waals surface area (Å²) in [5.41, 5.74) is 5.52. The van der Waals surface area contributed by atoms with Gasteiger partial charge in [0.15, 0.2) is 0 Å². The van der Waals surface area contributed by atoms with E-state index in [2.05, 4.69) is 0 Å². The molecule has 2 atom stereocenters. The standard InChI is InChI=1S/C8H19NO2/c1-3-4-5-11-7(2)8(9)6-10/h7-8,10H,3-6,9H2,1-2H3/t7-,8-/m1/s1/i1D. The van der Waals surface area contributed by atoms with Crippen LogP contribution in [0.15, 0.2) is 0 Å². The number of rotatable bonds is 6. The number of aliphatic hydroxyl groups excluding tert-OH is 1. The quantitative estimate of drug-likeness (QED) is 0.559. The summed E-state index contributed by atoms with van der Waals surface area (Å²) in [5.74, 6) is 0. The highest BCUT2D eigenvalue weighted by atomic mass is 16.5. The van der Waals surface area contributed by atoms with E-state index in [1.807, 2.05) is 6.92 Å². The van der Waals surface area contributed by atoms with Crippen molar-refractivity contribution in [3.05, 3.63) is 0 Å². The van der Waals surface area contributed by atoms with Crippen LogP contribution in [-0.4, -0.2) is 30.5 Å². The summed E-state index contributed by atoms with van der Waals surface area (Å²) in [6.07, 6.45) is 1.66. The van der Waals surface area contributed by atoms with Gasteiger partial charge in [-0.25, -0.2) is 0 Å². The van der Waals surface area contributed by atoms with Crippen molar-refractivity contribution < 1.29 is 11.2 Å². The van der Waals surface area contributed by atoms with Crippen LogP contribution < -0.4 is 5.73 Å². The molecule has 0 fully saturated rings. The van der Waals surface area contributed by atoms with Crippen molar-refractivity contribution in [3.8, 4) is 0 Å². The average molecular weight is 162 g/mol. The molecule has 0 radical (unpaired) electrons. The fraction of sp³-hybridized carbons (Fsp3) is 1.00. The lowest BCUT2D eigenvalue weighted by Crippen LogP contribution is -2.37. The van der Waals surface area contributed by atoms with Crippen molar-refractivity contribution in [2.24, 2.45) is 5.73 Å². The first-order valence-corrected chi connectivity index (χ1v) is 3.99. The molecule has 0 saturated heterocycles. The summed E-state index contributed by atoms with van der Waals surface area (Å²) in [6.45, 7) is 2.89. The van der Waals surface area contributed by atoms with Crippen molar-refractivity contribution in [1.29, 1.82) is 0 Å². The normalized spacial score (nSPS) is 17.5. The molecule has 0 aromatic rings. The smallest absolute Gasteiger partial charge is 0.0720 e. The molecule has 3 heteroatoms. The molecule has 3 nitrogen and oxygen atoms in total. The molecule has 0 aliphatic heterocycles. The van der Waals surface area contributed by atoms with Crippen molar-refractivity contribution >= 4 is 0 Å². The second kappa shape index (κ2) is 6.58. The molecule has 0 rings (SSSR count). The second-order valence-corrected chi connectivity index (χ2v) is 2.63. The van der Waals surface area contributed by atoms with Gasteiger partial charge in [-0.1, -0.05) is 13.3 Å². The first-order chi connectivity index (χ1) is 5.72. The maximum Gasteiger partial charge on any atom is 0.0720 e. The van der Waals surface area contributed by atoms with Gasteiger partial charge in [0.1, 0.15) is 0 Å². The predicted molar refractivity (Wildman–Crippen MR) is 45.4 cm³/mol. The van der Waals surface area contributed by atoms with Crippen LogP contribution >= 0.6 is 0 Å². The molecule has 0 aromatic carbocycles. The maximum absolute atomic E-state index is 8.67. The number of aliphatic hydroxyl groups is 1. The second-order valence-electron chi connectivity index (χ2n) is 2.63. The van der Waals surface area contributed by atoms with Gasteiger partial charge in [0.2, 0.25) is 0 Å². The summed E-state index contributed by atoms with van der Waals surface area (Å²) in [7, 11) is 0. The number of ether oxygens (including phenoxy) is 1. The van der Waals surface area contributed by atoms with E-state index in [9.17, 15) is 0 Å². The molecular weight excluding hydrogens is 142 g/mol. The average Bonchev–Trinajstić information content (AvgIpc) is 2.10. The maximum atomic E-state index is 8.67. The van der Waals surface area contributed by atoms with Crippen LogP contribution in [0.3, 0.4) is 0 Å². The zero-order chi connectivity index (χ0) is 9.40. The van der Waals surface area contributed by atoms with Crippen molar-refractivity contribution in [2.75, 3.05) is 13.2 Å². The van der Waals surface area contributed by atoms with E-state index in [4.69, 9.17) is 16.9 Å². The molecule has 68 valence electrons. The molecule has 0 bridgehead atoms. The molecule has 0 saturated carbocycles. The van der Waals surface area contributed by atoms with Crippen molar-refractivity contribution in [1.82, 2.24) is 0 Å². The highest BCUT2D eigenvalue weighted by Crippen LogP contribution is 1.97. The third-order valence-electron chi connectivity index (χ3n) is 1.59. The molecule has 3 N–H and O–H groups in total. The molecule has 0 unspecified atom stereocenters. The Morgan fingerprint density at radius 3 is 3.00 bits per heavy atom. The van der Waals surface area contributed by atoms with Crippen LogP contribution in [0, 0.1) is 0 Å². The monoisotopic (exact) mass is 162 g/mol. The number of nitrogens with two attached hydrogens (primary N) is 1. The fourth-order valence-corrected chi connectivity index (χ4v) is 0.643. The molecule has 0 aliphatic rings. The Morgan fingerprint density at radius 1 is 1.73 bits per heavy atom. The fourth-order valence-electron chi connectivity index (χ4n) is 0.643. The molecule has 11 heavy (non-hydrogen) atoms. The van der Waals surface area contributed by atoms with E-state index in [1.54, 1.807) is 0 Å². The van der Waals surface area contributed by atoms with E-state index in [-0.39, 0.29) is 18.8 Å². The lowest BCUT2D eigenvalue weighted by atomic mass is 10.2. The molecule has 0 aromatic heterocycles. The molecule has 0 amide bonds. The van der Waals surface area contributed by atoms with Crippen LogP contribution in [0.4, 0.5) is 0 Å². The van der Waals surface area contributed by atoms with Crippen molar-refractivity contribution in [3.63, 3.8) is 0 Å². The lowest BCUT2D eigenvalue weighted by molar-refractivity contribution is 0.0320. The van der Waals surface area contributed by atoms with Crippen LogP contribution in [0.25, 0.3) is 0 Å². The SMILES string of the molecule is [2H]CCCCO[C@H](C)[C@H](N)CO. The van der Waals surface area contributed by atoms with Crippen molar-refractivity contribution in [2.45, 2.75) is 38.8 Å². The summed E-state index contributed by atoms with van der Waals surface area (Å²) in [4.78, 5) is 0. The van der Waals surface area contributed by atoms with Crippen LogP contribution in [0.5, 0.6) is 0 Å². The Balaban J connectivity index is 3.24. The van der Waals surface area contributed by atoms with E-state index in [0.29, 0.717) is 13.5 Å².